The van der Waals surface area contributed by atoms with Crippen molar-refractivity contribution in [2.75, 3.05) is 6.54 Å². The predicted molar refractivity (Wildman–Crippen MR) is 129 cm³/mol. The lowest BCUT2D eigenvalue weighted by Crippen LogP contribution is -2.49. The second kappa shape index (κ2) is 12.3. The lowest BCUT2D eigenvalue weighted by atomic mass is 10.1. The standard InChI is InChI=1S/C24H29Cl3N2O2/c1-4-22(24(31)28-14-16(2)3)29(15-18-9-11-19(25)13-21(18)27)23(30)12-10-17-7-5-6-8-20(17)26/h5-9,11,13,16,22H,4,10,12,14-15H2,1-3H3,(H,28,31). The zero-order chi connectivity index (χ0) is 23.0. The summed E-state index contributed by atoms with van der Waals surface area (Å²) in [6.45, 7) is 6.74. The molecule has 4 nitrogen and oxygen atoms in total. The minimum Gasteiger partial charge on any atom is -0.354 e. The van der Waals surface area contributed by atoms with E-state index in [2.05, 4.69) is 5.32 Å². The monoisotopic (exact) mass is 482 g/mol. The lowest BCUT2D eigenvalue weighted by molar-refractivity contribution is -0.141. The van der Waals surface area contributed by atoms with Gasteiger partial charge >= 0.3 is 0 Å². The van der Waals surface area contributed by atoms with Crippen LogP contribution >= 0.6 is 34.8 Å². The summed E-state index contributed by atoms with van der Waals surface area (Å²) in [6, 6.07) is 12.0. The lowest BCUT2D eigenvalue weighted by Gasteiger charge is -2.31. The van der Waals surface area contributed by atoms with Crippen LogP contribution in [0.15, 0.2) is 42.5 Å². The SMILES string of the molecule is CCC(C(=O)NCC(C)C)N(Cc1ccc(Cl)cc1Cl)C(=O)CCc1ccccc1Cl. The Hall–Kier alpha value is -1.75. The van der Waals surface area contributed by atoms with E-state index in [1.54, 1.807) is 29.2 Å². The predicted octanol–water partition coefficient (Wildman–Crippen LogP) is 6.16. The van der Waals surface area contributed by atoms with Crippen molar-refractivity contribution in [1.82, 2.24) is 10.2 Å². The van der Waals surface area contributed by atoms with Crippen molar-refractivity contribution < 1.29 is 9.59 Å². The van der Waals surface area contributed by atoms with Gasteiger partial charge in [0.1, 0.15) is 6.04 Å². The van der Waals surface area contributed by atoms with Gasteiger partial charge in [-0.05, 0) is 48.1 Å². The van der Waals surface area contributed by atoms with Crippen molar-refractivity contribution in [3.05, 3.63) is 68.7 Å². The molecule has 2 aromatic carbocycles. The van der Waals surface area contributed by atoms with Crippen molar-refractivity contribution in [2.24, 2.45) is 5.92 Å². The molecular formula is C24H29Cl3N2O2. The maximum Gasteiger partial charge on any atom is 0.242 e. The Morgan fingerprint density at radius 3 is 2.32 bits per heavy atom. The summed E-state index contributed by atoms with van der Waals surface area (Å²) in [7, 11) is 0. The largest absolute Gasteiger partial charge is 0.354 e. The molecule has 0 aliphatic rings. The average molecular weight is 484 g/mol. The highest BCUT2D eigenvalue weighted by atomic mass is 35.5. The number of amides is 2. The van der Waals surface area contributed by atoms with Crippen molar-refractivity contribution >= 4 is 46.6 Å². The highest BCUT2D eigenvalue weighted by Gasteiger charge is 2.29. The van der Waals surface area contributed by atoms with E-state index in [0.29, 0.717) is 40.4 Å². The summed E-state index contributed by atoms with van der Waals surface area (Å²) in [5.74, 6) is 0.0291. The molecule has 0 fully saturated rings. The molecule has 1 N–H and O–H groups in total. The quantitative estimate of drug-likeness (QED) is 0.440. The summed E-state index contributed by atoms with van der Waals surface area (Å²) in [4.78, 5) is 27.8. The number of benzene rings is 2. The Morgan fingerprint density at radius 2 is 1.71 bits per heavy atom. The van der Waals surface area contributed by atoms with Crippen LogP contribution in [0.4, 0.5) is 0 Å². The van der Waals surface area contributed by atoms with E-state index < -0.39 is 6.04 Å². The molecular weight excluding hydrogens is 455 g/mol. The number of carbonyl (C=O) groups excluding carboxylic acids is 2. The third-order valence-corrected chi connectivity index (χ3v) is 5.95. The van der Waals surface area contributed by atoms with E-state index in [1.807, 2.05) is 39.0 Å². The minimum atomic E-state index is -0.593. The zero-order valence-corrected chi connectivity index (χ0v) is 20.4. The van der Waals surface area contributed by atoms with Gasteiger partial charge in [0, 0.05) is 34.6 Å². The zero-order valence-electron chi connectivity index (χ0n) is 18.1. The molecule has 1 unspecified atom stereocenters. The molecule has 2 aromatic rings. The minimum absolute atomic E-state index is 0.127. The first-order valence-electron chi connectivity index (χ1n) is 10.5. The second-order valence-corrected chi connectivity index (χ2v) is 9.16. The third-order valence-electron chi connectivity index (χ3n) is 4.99. The molecule has 0 spiro atoms. The molecule has 0 radical (unpaired) electrons. The highest BCUT2D eigenvalue weighted by molar-refractivity contribution is 6.35. The second-order valence-electron chi connectivity index (χ2n) is 7.91. The molecule has 2 amide bonds. The maximum atomic E-state index is 13.3. The Morgan fingerprint density at radius 1 is 1.00 bits per heavy atom. The molecule has 0 aromatic heterocycles. The number of nitrogens with zero attached hydrogens (tertiary/aromatic N) is 1. The fourth-order valence-electron chi connectivity index (χ4n) is 3.26. The number of carbonyl (C=O) groups is 2. The summed E-state index contributed by atoms with van der Waals surface area (Å²) in [6.07, 6.45) is 1.23. The van der Waals surface area contributed by atoms with Gasteiger partial charge in [-0.3, -0.25) is 9.59 Å². The fourth-order valence-corrected chi connectivity index (χ4v) is 3.96. The Balaban J connectivity index is 2.25. The normalized spacial score (nSPS) is 12.0. The van der Waals surface area contributed by atoms with Gasteiger partial charge in [0.15, 0.2) is 0 Å². The summed E-state index contributed by atoms with van der Waals surface area (Å²) in [5.41, 5.74) is 1.64. The molecule has 7 heteroatoms. The number of halogens is 3. The van der Waals surface area contributed by atoms with E-state index >= 15 is 0 Å². The smallest absolute Gasteiger partial charge is 0.242 e. The molecule has 0 bridgehead atoms. The number of nitrogens with one attached hydrogen (secondary N) is 1. The molecule has 0 heterocycles. The van der Waals surface area contributed by atoms with E-state index in [-0.39, 0.29) is 24.8 Å². The number of hydrogen-bond donors (Lipinski definition) is 1. The van der Waals surface area contributed by atoms with Gasteiger partial charge in [-0.2, -0.15) is 0 Å². The number of aryl methyl sites for hydroxylation is 1. The first-order valence-corrected chi connectivity index (χ1v) is 11.6. The van der Waals surface area contributed by atoms with Crippen molar-refractivity contribution in [2.45, 2.75) is 52.6 Å². The Bertz CT molecular complexity index is 902. The van der Waals surface area contributed by atoms with Crippen molar-refractivity contribution in [3.63, 3.8) is 0 Å². The van der Waals surface area contributed by atoms with Gasteiger partial charge in [-0.15, -0.1) is 0 Å². The molecule has 31 heavy (non-hydrogen) atoms. The summed E-state index contributed by atoms with van der Waals surface area (Å²) >= 11 is 18.6. The maximum absolute atomic E-state index is 13.3. The first-order chi connectivity index (χ1) is 14.7. The van der Waals surface area contributed by atoms with Crippen LogP contribution in [0.25, 0.3) is 0 Å². The van der Waals surface area contributed by atoms with E-state index in [0.717, 1.165) is 11.1 Å². The van der Waals surface area contributed by atoms with Gasteiger partial charge < -0.3 is 10.2 Å². The first kappa shape index (κ1) is 25.5. The van der Waals surface area contributed by atoms with Crippen LogP contribution in [0.1, 0.15) is 44.7 Å². The molecule has 0 saturated heterocycles. The van der Waals surface area contributed by atoms with Crippen molar-refractivity contribution in [3.8, 4) is 0 Å². The molecule has 1 atom stereocenters. The molecule has 0 saturated carbocycles. The molecule has 0 aliphatic carbocycles. The average Bonchev–Trinajstić information content (AvgIpc) is 2.72. The van der Waals surface area contributed by atoms with E-state index in [1.165, 1.54) is 0 Å². The van der Waals surface area contributed by atoms with E-state index in [4.69, 9.17) is 34.8 Å². The van der Waals surface area contributed by atoms with Crippen LogP contribution in [0.3, 0.4) is 0 Å². The van der Waals surface area contributed by atoms with Crippen LogP contribution in [-0.2, 0) is 22.6 Å². The number of rotatable bonds is 10. The van der Waals surface area contributed by atoms with Crippen LogP contribution < -0.4 is 5.32 Å². The summed E-state index contributed by atoms with van der Waals surface area (Å²) in [5, 5.41) is 4.57. The van der Waals surface area contributed by atoms with Crippen LogP contribution in [0, 0.1) is 5.92 Å². The van der Waals surface area contributed by atoms with Crippen LogP contribution in [0.2, 0.25) is 15.1 Å². The third kappa shape index (κ3) is 7.71. The van der Waals surface area contributed by atoms with Crippen molar-refractivity contribution in [1.29, 1.82) is 0 Å². The van der Waals surface area contributed by atoms with Gasteiger partial charge in [-0.1, -0.05) is 79.8 Å². The number of hydrogen-bond acceptors (Lipinski definition) is 2. The molecule has 2 rings (SSSR count). The van der Waals surface area contributed by atoms with Gasteiger partial charge in [0.05, 0.1) is 0 Å². The topological polar surface area (TPSA) is 49.4 Å². The van der Waals surface area contributed by atoms with E-state index in [9.17, 15) is 9.59 Å². The van der Waals surface area contributed by atoms with Gasteiger partial charge in [-0.25, -0.2) is 0 Å². The Kier molecular flexibility index (Phi) is 10.1. The van der Waals surface area contributed by atoms with Gasteiger partial charge in [0.25, 0.3) is 0 Å². The van der Waals surface area contributed by atoms with Gasteiger partial charge in [0.2, 0.25) is 11.8 Å². The summed E-state index contributed by atoms with van der Waals surface area (Å²) < 4.78 is 0. The molecule has 168 valence electrons. The highest BCUT2D eigenvalue weighted by Crippen LogP contribution is 2.25. The fraction of sp³-hybridized carbons (Fsp3) is 0.417. The van der Waals surface area contributed by atoms with Crippen LogP contribution in [-0.4, -0.2) is 29.3 Å². The molecule has 0 aliphatic heterocycles. The van der Waals surface area contributed by atoms with Crippen LogP contribution in [0.5, 0.6) is 0 Å². The Labute approximate surface area is 199 Å².